The number of rotatable bonds is 6. The Bertz CT molecular complexity index is 923. The average Bonchev–Trinajstić information content (AvgIpc) is 2.68. The van der Waals surface area contributed by atoms with Gasteiger partial charge >= 0.3 is 0 Å². The summed E-state index contributed by atoms with van der Waals surface area (Å²) in [5.41, 5.74) is 8.95. The van der Waals surface area contributed by atoms with Crippen LogP contribution in [0.15, 0.2) is 71.9 Å². The van der Waals surface area contributed by atoms with Crippen LogP contribution < -0.4 is 20.5 Å². The van der Waals surface area contributed by atoms with E-state index in [0.717, 1.165) is 22.6 Å². The summed E-state index contributed by atoms with van der Waals surface area (Å²) in [6.07, 6.45) is 1.72. The molecule has 0 radical (unpaired) electrons. The molecule has 0 aliphatic rings. The molecule has 0 atom stereocenters. The van der Waals surface area contributed by atoms with Crippen LogP contribution in [-0.2, 0) is 6.54 Å². The number of anilines is 1. The van der Waals surface area contributed by atoms with Gasteiger partial charge in [0.05, 0.1) is 13.7 Å². The Kier molecular flexibility index (Phi) is 5.89. The first-order valence-electron chi connectivity index (χ1n) is 8.53. The molecule has 0 unspecified atom stereocenters. The largest absolute Gasteiger partial charge is 0.497 e. The summed E-state index contributed by atoms with van der Waals surface area (Å²) in [5.74, 6) is 2.26. The molecule has 0 saturated heterocycles. The summed E-state index contributed by atoms with van der Waals surface area (Å²) >= 11 is 0. The Balaban J connectivity index is 1.58. The zero-order valence-electron chi connectivity index (χ0n) is 15.3. The van der Waals surface area contributed by atoms with Crippen molar-refractivity contribution in [3.8, 4) is 17.4 Å². The molecule has 0 fully saturated rings. The molecule has 1 aromatic heterocycles. The van der Waals surface area contributed by atoms with E-state index in [-0.39, 0.29) is 0 Å². The molecule has 0 aliphatic carbocycles. The van der Waals surface area contributed by atoms with Crippen LogP contribution in [0.25, 0.3) is 0 Å². The van der Waals surface area contributed by atoms with E-state index in [1.807, 2.05) is 55.5 Å². The van der Waals surface area contributed by atoms with Gasteiger partial charge in [0, 0.05) is 24.0 Å². The van der Waals surface area contributed by atoms with E-state index < -0.39 is 0 Å². The zero-order valence-corrected chi connectivity index (χ0v) is 15.3. The third-order valence-electron chi connectivity index (χ3n) is 3.78. The molecule has 138 valence electrons. The molecule has 0 aliphatic heterocycles. The second kappa shape index (κ2) is 8.71. The predicted molar refractivity (Wildman–Crippen MR) is 107 cm³/mol. The number of pyridine rings is 1. The van der Waals surface area contributed by atoms with Crippen molar-refractivity contribution in [2.45, 2.75) is 13.5 Å². The average molecular weight is 362 g/mol. The fourth-order valence-corrected chi connectivity index (χ4v) is 2.44. The van der Waals surface area contributed by atoms with Crippen molar-refractivity contribution in [3.63, 3.8) is 0 Å². The first-order valence-corrected chi connectivity index (χ1v) is 8.53. The van der Waals surface area contributed by atoms with E-state index >= 15 is 0 Å². The number of methoxy groups -OCH3 is 1. The van der Waals surface area contributed by atoms with Crippen LogP contribution in [-0.4, -0.2) is 18.1 Å². The summed E-state index contributed by atoms with van der Waals surface area (Å²) in [7, 11) is 1.62. The highest BCUT2D eigenvalue weighted by Crippen LogP contribution is 2.23. The van der Waals surface area contributed by atoms with Crippen LogP contribution in [0.5, 0.6) is 17.4 Å². The van der Waals surface area contributed by atoms with Gasteiger partial charge in [0.1, 0.15) is 11.5 Å². The third-order valence-corrected chi connectivity index (χ3v) is 3.78. The number of ether oxygens (including phenoxy) is 2. The molecule has 3 aromatic rings. The highest BCUT2D eigenvalue weighted by atomic mass is 16.5. The van der Waals surface area contributed by atoms with Gasteiger partial charge in [-0.05, 0) is 42.3 Å². The van der Waals surface area contributed by atoms with Gasteiger partial charge in [-0.25, -0.2) is 9.98 Å². The van der Waals surface area contributed by atoms with Crippen molar-refractivity contribution < 1.29 is 9.47 Å². The summed E-state index contributed by atoms with van der Waals surface area (Å²) in [5, 5.41) is 3.08. The normalized spacial score (nSPS) is 11.1. The molecule has 3 N–H and O–H groups in total. The molecule has 6 heteroatoms. The topological polar surface area (TPSA) is 81.8 Å². The number of hydrogen-bond donors (Lipinski definition) is 2. The number of aliphatic imine (C=N–C) groups is 1. The van der Waals surface area contributed by atoms with Crippen LogP contribution >= 0.6 is 0 Å². The van der Waals surface area contributed by atoms with Crippen molar-refractivity contribution in [1.29, 1.82) is 0 Å². The Labute approximate surface area is 158 Å². The number of hydrogen-bond acceptors (Lipinski definition) is 4. The number of aromatic nitrogens is 1. The molecular formula is C21H22N4O2. The van der Waals surface area contributed by atoms with Gasteiger partial charge in [0.15, 0.2) is 5.96 Å². The molecule has 0 spiro atoms. The lowest BCUT2D eigenvalue weighted by atomic mass is 10.2. The van der Waals surface area contributed by atoms with Gasteiger partial charge in [0.2, 0.25) is 5.88 Å². The number of aryl methyl sites for hydroxylation is 1. The molecule has 0 amide bonds. The number of guanidine groups is 1. The highest BCUT2D eigenvalue weighted by molar-refractivity contribution is 5.92. The van der Waals surface area contributed by atoms with E-state index in [0.29, 0.717) is 24.1 Å². The lowest BCUT2D eigenvalue weighted by Gasteiger charge is -2.08. The second-order valence-corrected chi connectivity index (χ2v) is 5.98. The predicted octanol–water partition coefficient (Wildman–Crippen LogP) is 4.12. The maximum Gasteiger partial charge on any atom is 0.219 e. The standard InChI is InChI=1S/C21H22N4O2/c1-15-5-3-6-17(11-15)25-21(22)24-14-16-9-10-20(23-13-16)27-19-8-4-7-18(12-19)26-2/h3-13H,14H2,1-2H3,(H3,22,24,25). The quantitative estimate of drug-likeness (QED) is 0.509. The summed E-state index contributed by atoms with van der Waals surface area (Å²) < 4.78 is 10.9. The van der Waals surface area contributed by atoms with E-state index in [2.05, 4.69) is 15.3 Å². The van der Waals surface area contributed by atoms with Gasteiger partial charge < -0.3 is 20.5 Å². The molecule has 0 saturated carbocycles. The third kappa shape index (κ3) is 5.47. The monoisotopic (exact) mass is 362 g/mol. The minimum Gasteiger partial charge on any atom is -0.497 e. The van der Waals surface area contributed by atoms with Crippen LogP contribution in [0.4, 0.5) is 5.69 Å². The molecule has 27 heavy (non-hydrogen) atoms. The minimum atomic E-state index is 0.359. The number of nitrogens with two attached hydrogens (primary N) is 1. The van der Waals surface area contributed by atoms with E-state index in [9.17, 15) is 0 Å². The fourth-order valence-electron chi connectivity index (χ4n) is 2.44. The molecule has 3 rings (SSSR count). The molecule has 1 heterocycles. The van der Waals surface area contributed by atoms with E-state index in [4.69, 9.17) is 15.2 Å². The molecule has 2 aromatic carbocycles. The zero-order chi connectivity index (χ0) is 19.1. The van der Waals surface area contributed by atoms with Crippen LogP contribution in [0.1, 0.15) is 11.1 Å². The maximum absolute atomic E-state index is 5.94. The molecular weight excluding hydrogens is 340 g/mol. The molecule has 6 nitrogen and oxygen atoms in total. The Hall–Kier alpha value is -3.54. The Morgan fingerprint density at radius 2 is 1.89 bits per heavy atom. The summed E-state index contributed by atoms with van der Waals surface area (Å²) in [4.78, 5) is 8.65. The summed E-state index contributed by atoms with van der Waals surface area (Å²) in [6, 6.07) is 19.0. The number of benzene rings is 2. The van der Waals surface area contributed by atoms with Crippen molar-refractivity contribution in [2.24, 2.45) is 10.7 Å². The second-order valence-electron chi connectivity index (χ2n) is 5.98. The van der Waals surface area contributed by atoms with Crippen LogP contribution in [0.2, 0.25) is 0 Å². The SMILES string of the molecule is COc1cccc(Oc2ccc(CN=C(N)Nc3cccc(C)c3)cn2)c1. The van der Waals surface area contributed by atoms with Gasteiger partial charge in [-0.1, -0.05) is 24.3 Å². The van der Waals surface area contributed by atoms with Crippen molar-refractivity contribution in [1.82, 2.24) is 4.98 Å². The lowest BCUT2D eigenvalue weighted by molar-refractivity contribution is 0.407. The van der Waals surface area contributed by atoms with Gasteiger partial charge in [-0.3, -0.25) is 0 Å². The molecule has 0 bridgehead atoms. The fraction of sp³-hybridized carbons (Fsp3) is 0.143. The van der Waals surface area contributed by atoms with Crippen molar-refractivity contribution in [2.75, 3.05) is 12.4 Å². The van der Waals surface area contributed by atoms with Crippen molar-refractivity contribution >= 4 is 11.6 Å². The van der Waals surface area contributed by atoms with Gasteiger partial charge in [0.25, 0.3) is 0 Å². The van der Waals surface area contributed by atoms with E-state index in [1.165, 1.54) is 0 Å². The Morgan fingerprint density at radius 3 is 2.63 bits per heavy atom. The lowest BCUT2D eigenvalue weighted by Crippen LogP contribution is -2.22. The first-order chi connectivity index (χ1) is 13.1. The maximum atomic E-state index is 5.94. The van der Waals surface area contributed by atoms with Gasteiger partial charge in [-0.15, -0.1) is 0 Å². The highest BCUT2D eigenvalue weighted by Gasteiger charge is 2.02. The first kappa shape index (κ1) is 18.3. The Morgan fingerprint density at radius 1 is 1.07 bits per heavy atom. The smallest absolute Gasteiger partial charge is 0.219 e. The van der Waals surface area contributed by atoms with Crippen LogP contribution in [0, 0.1) is 6.92 Å². The number of nitrogens with one attached hydrogen (secondary N) is 1. The van der Waals surface area contributed by atoms with Gasteiger partial charge in [-0.2, -0.15) is 0 Å². The summed E-state index contributed by atoms with van der Waals surface area (Å²) in [6.45, 7) is 2.45. The van der Waals surface area contributed by atoms with E-state index in [1.54, 1.807) is 25.4 Å². The number of nitrogens with zero attached hydrogens (tertiary/aromatic N) is 2. The van der Waals surface area contributed by atoms with Crippen molar-refractivity contribution in [3.05, 3.63) is 78.0 Å². The minimum absolute atomic E-state index is 0.359. The van der Waals surface area contributed by atoms with Crippen LogP contribution in [0.3, 0.4) is 0 Å².